The summed E-state index contributed by atoms with van der Waals surface area (Å²) in [5.41, 5.74) is 11.9. The Kier molecular flexibility index (Phi) is 3.47. The summed E-state index contributed by atoms with van der Waals surface area (Å²) in [4.78, 5) is 4.88. The lowest BCUT2D eigenvalue weighted by Gasteiger charge is -2.27. The molecule has 24 heavy (non-hydrogen) atoms. The second kappa shape index (κ2) is 5.78. The Hall–Kier alpha value is -3.20. The molecule has 1 unspecified atom stereocenters. The fourth-order valence-corrected chi connectivity index (χ4v) is 3.20. The zero-order valence-electron chi connectivity index (χ0n) is 13.1. The van der Waals surface area contributed by atoms with Crippen molar-refractivity contribution >= 4 is 22.8 Å². The van der Waals surface area contributed by atoms with Crippen LogP contribution in [0.3, 0.4) is 0 Å². The minimum atomic E-state index is -0.217. The third-order valence-electron chi connectivity index (χ3n) is 4.37. The topological polar surface area (TPSA) is 62.2 Å². The molecule has 0 bridgehead atoms. The fraction of sp³-hybridized carbons (Fsp3) is 0.0476. The lowest BCUT2D eigenvalue weighted by atomic mass is 9.80. The van der Waals surface area contributed by atoms with Crippen LogP contribution in [0.25, 0.3) is 0 Å². The van der Waals surface area contributed by atoms with Crippen molar-refractivity contribution in [2.45, 2.75) is 5.92 Å². The van der Waals surface area contributed by atoms with Gasteiger partial charge in [-0.1, -0.05) is 66.7 Å². The van der Waals surface area contributed by atoms with Gasteiger partial charge < -0.3 is 11.1 Å². The van der Waals surface area contributed by atoms with Crippen molar-refractivity contribution in [1.82, 2.24) is 0 Å². The van der Waals surface area contributed by atoms with Crippen LogP contribution in [0.5, 0.6) is 0 Å². The summed E-state index contributed by atoms with van der Waals surface area (Å²) in [5, 5.41) is 8.79. The van der Waals surface area contributed by atoms with Crippen molar-refractivity contribution in [3.05, 3.63) is 95.6 Å². The summed E-state index contributed by atoms with van der Waals surface area (Å²) < 4.78 is 0. The first kappa shape index (κ1) is 14.4. The first-order valence-electron chi connectivity index (χ1n) is 7.92. The van der Waals surface area contributed by atoms with Gasteiger partial charge in [-0.3, -0.25) is 4.99 Å². The minimum Gasteiger partial charge on any atom is -0.398 e. The highest BCUT2D eigenvalue weighted by molar-refractivity contribution is 6.28. The molecule has 3 aromatic rings. The molecule has 116 valence electrons. The standard InChI is InChI=1S/C21H17N3/c22-17-12-6-4-10-15(17)21-19(14-8-2-1-3-9-14)20(23)16-11-5-7-13-18(16)24-21/h1-13,19,23H,22H2. The molecule has 1 aliphatic rings. The molecular weight excluding hydrogens is 294 g/mol. The van der Waals surface area contributed by atoms with Crippen LogP contribution in [-0.2, 0) is 0 Å². The number of fused-ring (bicyclic) bond motifs is 1. The van der Waals surface area contributed by atoms with Crippen molar-refractivity contribution < 1.29 is 0 Å². The summed E-state index contributed by atoms with van der Waals surface area (Å²) in [6.45, 7) is 0. The van der Waals surface area contributed by atoms with Crippen molar-refractivity contribution in [2.75, 3.05) is 5.73 Å². The number of benzene rings is 3. The smallest absolute Gasteiger partial charge is 0.0724 e. The minimum absolute atomic E-state index is 0.217. The SMILES string of the molecule is N=C1c2ccccc2N=C(c2ccccc2N)C1c1ccccc1. The van der Waals surface area contributed by atoms with E-state index in [1.165, 1.54) is 0 Å². The van der Waals surface area contributed by atoms with Gasteiger partial charge in [0.1, 0.15) is 0 Å². The van der Waals surface area contributed by atoms with Crippen LogP contribution in [0.1, 0.15) is 22.6 Å². The van der Waals surface area contributed by atoms with E-state index in [-0.39, 0.29) is 5.92 Å². The lowest BCUT2D eigenvalue weighted by molar-refractivity contribution is 1.14. The van der Waals surface area contributed by atoms with Gasteiger partial charge >= 0.3 is 0 Å². The Balaban J connectivity index is 1.97. The average Bonchev–Trinajstić information content (AvgIpc) is 2.63. The third-order valence-corrected chi connectivity index (χ3v) is 4.37. The van der Waals surface area contributed by atoms with Gasteiger partial charge in [-0.05, 0) is 17.7 Å². The summed E-state index contributed by atoms with van der Waals surface area (Å²) in [5.74, 6) is -0.217. The predicted molar refractivity (Wildman–Crippen MR) is 99.5 cm³/mol. The number of nitrogen functional groups attached to an aromatic ring is 1. The normalized spacial score (nSPS) is 16.4. The summed E-state index contributed by atoms with van der Waals surface area (Å²) in [6.07, 6.45) is 0. The fourth-order valence-electron chi connectivity index (χ4n) is 3.20. The Morgan fingerprint density at radius 2 is 1.38 bits per heavy atom. The van der Waals surface area contributed by atoms with Crippen molar-refractivity contribution in [3.63, 3.8) is 0 Å². The summed E-state index contributed by atoms with van der Waals surface area (Å²) in [7, 11) is 0. The lowest BCUT2D eigenvalue weighted by Crippen LogP contribution is -2.27. The molecule has 3 N–H and O–H groups in total. The number of rotatable bonds is 2. The molecule has 1 aliphatic heterocycles. The maximum absolute atomic E-state index is 8.79. The number of hydrogen-bond donors (Lipinski definition) is 2. The number of nitrogens with two attached hydrogens (primary N) is 1. The first-order valence-corrected chi connectivity index (χ1v) is 7.92. The first-order chi connectivity index (χ1) is 11.8. The van der Waals surface area contributed by atoms with E-state index in [4.69, 9.17) is 16.1 Å². The van der Waals surface area contributed by atoms with Gasteiger partial charge in [0, 0.05) is 16.8 Å². The molecule has 3 heteroatoms. The molecule has 0 aromatic heterocycles. The van der Waals surface area contributed by atoms with E-state index in [0.717, 1.165) is 28.1 Å². The van der Waals surface area contributed by atoms with E-state index in [9.17, 15) is 0 Å². The molecule has 0 amide bonds. The van der Waals surface area contributed by atoms with Crippen LogP contribution < -0.4 is 5.73 Å². The quantitative estimate of drug-likeness (QED) is 0.670. The van der Waals surface area contributed by atoms with E-state index in [0.29, 0.717) is 11.4 Å². The predicted octanol–water partition coefficient (Wildman–Crippen LogP) is 4.55. The summed E-state index contributed by atoms with van der Waals surface area (Å²) >= 11 is 0. The molecule has 0 saturated carbocycles. The Bertz CT molecular complexity index is 942. The third kappa shape index (κ3) is 2.31. The number of para-hydroxylation sites is 2. The van der Waals surface area contributed by atoms with E-state index < -0.39 is 0 Å². The van der Waals surface area contributed by atoms with Crippen LogP contribution in [0.2, 0.25) is 0 Å². The average molecular weight is 311 g/mol. The Labute approximate surface area is 141 Å². The van der Waals surface area contributed by atoms with Gasteiger partial charge in [-0.2, -0.15) is 0 Å². The van der Waals surface area contributed by atoms with E-state index >= 15 is 0 Å². The molecule has 1 atom stereocenters. The van der Waals surface area contributed by atoms with Gasteiger partial charge in [-0.15, -0.1) is 0 Å². The van der Waals surface area contributed by atoms with Crippen LogP contribution >= 0.6 is 0 Å². The summed E-state index contributed by atoms with van der Waals surface area (Å²) in [6, 6.07) is 25.6. The largest absolute Gasteiger partial charge is 0.398 e. The Morgan fingerprint density at radius 3 is 2.12 bits per heavy atom. The molecule has 0 radical (unpaired) electrons. The van der Waals surface area contributed by atoms with Crippen LogP contribution in [-0.4, -0.2) is 11.4 Å². The molecule has 1 heterocycles. The zero-order chi connectivity index (χ0) is 16.5. The molecule has 3 aromatic carbocycles. The molecule has 0 saturated heterocycles. The van der Waals surface area contributed by atoms with Crippen LogP contribution in [0.15, 0.2) is 83.9 Å². The highest BCUT2D eigenvalue weighted by atomic mass is 14.8. The second-order valence-corrected chi connectivity index (χ2v) is 5.86. The number of hydrogen-bond acceptors (Lipinski definition) is 3. The van der Waals surface area contributed by atoms with Crippen LogP contribution in [0.4, 0.5) is 11.4 Å². The van der Waals surface area contributed by atoms with Gasteiger partial charge in [0.15, 0.2) is 0 Å². The van der Waals surface area contributed by atoms with Crippen LogP contribution in [0, 0.1) is 5.41 Å². The zero-order valence-corrected chi connectivity index (χ0v) is 13.1. The molecule has 3 nitrogen and oxygen atoms in total. The van der Waals surface area contributed by atoms with E-state index in [1.807, 2.05) is 78.9 Å². The molecule has 4 rings (SSSR count). The molecule has 0 spiro atoms. The van der Waals surface area contributed by atoms with Crippen molar-refractivity contribution in [1.29, 1.82) is 5.41 Å². The maximum Gasteiger partial charge on any atom is 0.0724 e. The Morgan fingerprint density at radius 1 is 0.750 bits per heavy atom. The molecule has 0 fully saturated rings. The number of nitrogens with one attached hydrogen (secondary N) is 1. The number of nitrogens with zero attached hydrogens (tertiary/aromatic N) is 1. The van der Waals surface area contributed by atoms with Gasteiger partial charge in [0.2, 0.25) is 0 Å². The highest BCUT2D eigenvalue weighted by Crippen LogP contribution is 2.37. The van der Waals surface area contributed by atoms with Crippen molar-refractivity contribution in [2.24, 2.45) is 4.99 Å². The highest BCUT2D eigenvalue weighted by Gasteiger charge is 2.31. The monoisotopic (exact) mass is 311 g/mol. The van der Waals surface area contributed by atoms with E-state index in [1.54, 1.807) is 0 Å². The number of anilines is 1. The van der Waals surface area contributed by atoms with Gasteiger partial charge in [0.25, 0.3) is 0 Å². The second-order valence-electron chi connectivity index (χ2n) is 5.86. The molecular formula is C21H17N3. The molecule has 0 aliphatic carbocycles. The van der Waals surface area contributed by atoms with Gasteiger partial charge in [0.05, 0.1) is 23.0 Å². The van der Waals surface area contributed by atoms with E-state index in [2.05, 4.69) is 0 Å². The number of aliphatic imine (C=N–C) groups is 1. The van der Waals surface area contributed by atoms with Crippen molar-refractivity contribution in [3.8, 4) is 0 Å². The van der Waals surface area contributed by atoms with Gasteiger partial charge in [-0.25, -0.2) is 0 Å². The maximum atomic E-state index is 8.79.